The average molecular weight is 754 g/mol. The molecular formula is C38H44ClN3O11. The molecule has 6 atom stereocenters. The first-order valence-electron chi connectivity index (χ1n) is 17.2. The number of halogens is 1. The number of nitrogens with zero attached hydrogens (tertiary/aromatic N) is 1. The third kappa shape index (κ3) is 7.35. The van der Waals surface area contributed by atoms with Crippen molar-refractivity contribution >= 4 is 35.6 Å². The van der Waals surface area contributed by atoms with Crippen LogP contribution in [0.5, 0.6) is 23.0 Å². The zero-order valence-electron chi connectivity index (χ0n) is 29.8. The standard InChI is InChI=1S/C38H43N3O11.ClH/c1-5-6-14-50-21-12-10-20(11-13-21)37(47)41-40-19(3)38(48)16-23-29(26(17-38)52-27-15-24(39)32(42)18(2)51-27)36(46)31-30(34(23)44)33(43)22-8-7-9-25(49-4)28(22)35(31)45;/h7-13,18,24,26-27,32,42,44,46,48H,5-6,14-17,39H2,1-4H3,(H,41,47);1H/b40-19+;/t18-,24-,26-,27-,32+,38-;/m0./s1. The smallest absolute Gasteiger partial charge is 0.271 e. The van der Waals surface area contributed by atoms with E-state index in [0.717, 1.165) is 12.8 Å². The van der Waals surface area contributed by atoms with E-state index in [4.69, 9.17) is 24.7 Å². The predicted molar refractivity (Wildman–Crippen MR) is 194 cm³/mol. The average Bonchev–Trinajstić information content (AvgIpc) is 3.12. The van der Waals surface area contributed by atoms with Gasteiger partial charge in [0.1, 0.15) is 28.6 Å². The van der Waals surface area contributed by atoms with Crippen LogP contribution in [0.25, 0.3) is 0 Å². The number of aliphatic hydroxyl groups excluding tert-OH is 1. The zero-order valence-corrected chi connectivity index (χ0v) is 30.6. The van der Waals surface area contributed by atoms with Crippen molar-refractivity contribution in [3.05, 3.63) is 81.4 Å². The van der Waals surface area contributed by atoms with E-state index in [1.54, 1.807) is 31.2 Å². The van der Waals surface area contributed by atoms with Gasteiger partial charge in [0.25, 0.3) is 5.91 Å². The van der Waals surface area contributed by atoms with Crippen LogP contribution in [-0.2, 0) is 15.9 Å². The number of nitrogens with two attached hydrogens (primary N) is 1. The SMILES string of the molecule is CCCCOc1ccc(C(=O)N/N=C(\C)[C@]2(O)Cc3c(O)c4c(c(O)c3[C@@H](O[C@H]3C[C@H](N)[C@H](O)[C@H](C)O3)C2)C(=O)c2c(OC)cccc2C4=O)cc1.Cl. The molecule has 7 N–H and O–H groups in total. The number of phenols is 2. The molecule has 0 unspecified atom stereocenters. The number of phenolic OH excluding ortho intramolecular Hbond substituents is 2. The Hall–Kier alpha value is -4.57. The molecule has 6 rings (SSSR count). The molecule has 1 heterocycles. The number of benzene rings is 3. The van der Waals surface area contributed by atoms with Gasteiger partial charge in [-0.25, -0.2) is 5.43 Å². The number of unbranched alkanes of at least 4 members (excludes halogenated alkanes) is 1. The normalized spacial score (nSPS) is 25.0. The van der Waals surface area contributed by atoms with Crippen LogP contribution < -0.4 is 20.6 Å². The van der Waals surface area contributed by atoms with E-state index in [1.807, 2.05) is 0 Å². The van der Waals surface area contributed by atoms with Crippen LogP contribution in [0.3, 0.4) is 0 Å². The monoisotopic (exact) mass is 753 g/mol. The van der Waals surface area contributed by atoms with Crippen LogP contribution >= 0.6 is 12.4 Å². The summed E-state index contributed by atoms with van der Waals surface area (Å²) in [7, 11) is 1.34. The quantitative estimate of drug-likeness (QED) is 0.0589. The van der Waals surface area contributed by atoms with Crippen LogP contribution in [0, 0.1) is 0 Å². The number of hydrazone groups is 1. The van der Waals surface area contributed by atoms with Crippen molar-refractivity contribution in [2.24, 2.45) is 10.8 Å². The van der Waals surface area contributed by atoms with Gasteiger partial charge in [0.2, 0.25) is 5.78 Å². The molecule has 15 heteroatoms. The number of carbonyl (C=O) groups is 3. The Balaban J connectivity index is 0.00000541. The fraction of sp³-hybridized carbons (Fsp3) is 0.421. The fourth-order valence-corrected chi connectivity index (χ4v) is 7.01. The van der Waals surface area contributed by atoms with Gasteiger partial charge in [0, 0.05) is 47.6 Å². The van der Waals surface area contributed by atoms with E-state index in [9.17, 15) is 34.8 Å². The van der Waals surface area contributed by atoms with Gasteiger partial charge in [0.15, 0.2) is 12.1 Å². The minimum Gasteiger partial charge on any atom is -0.507 e. The second-order valence-corrected chi connectivity index (χ2v) is 13.4. The first kappa shape index (κ1) is 39.6. The minimum atomic E-state index is -1.91. The van der Waals surface area contributed by atoms with Gasteiger partial charge in [-0.2, -0.15) is 5.10 Å². The molecule has 53 heavy (non-hydrogen) atoms. The summed E-state index contributed by atoms with van der Waals surface area (Å²) in [5.74, 6) is -2.53. The lowest BCUT2D eigenvalue weighted by molar-refractivity contribution is -0.245. The highest BCUT2D eigenvalue weighted by Crippen LogP contribution is 2.52. The van der Waals surface area contributed by atoms with Gasteiger partial charge >= 0.3 is 0 Å². The van der Waals surface area contributed by atoms with Crippen LogP contribution in [-0.4, -0.2) is 87.5 Å². The molecule has 1 fully saturated rings. The first-order chi connectivity index (χ1) is 24.8. The molecule has 0 saturated carbocycles. The van der Waals surface area contributed by atoms with Gasteiger partial charge < -0.3 is 45.1 Å². The summed E-state index contributed by atoms with van der Waals surface area (Å²) in [6.07, 6.45) is -2.72. The molecule has 3 aliphatic rings. The van der Waals surface area contributed by atoms with Crippen molar-refractivity contribution in [3.8, 4) is 23.0 Å². The lowest BCUT2D eigenvalue weighted by Crippen LogP contribution is -2.52. The summed E-state index contributed by atoms with van der Waals surface area (Å²) < 4.78 is 23.2. The minimum absolute atomic E-state index is 0. The van der Waals surface area contributed by atoms with Crippen LogP contribution in [0.1, 0.15) is 106 Å². The highest BCUT2D eigenvalue weighted by molar-refractivity contribution is 6.31. The number of aromatic hydroxyl groups is 2. The molecule has 0 aromatic heterocycles. The third-order valence-electron chi connectivity index (χ3n) is 10.0. The number of rotatable bonds is 10. The highest BCUT2D eigenvalue weighted by Gasteiger charge is 2.49. The van der Waals surface area contributed by atoms with E-state index < -0.39 is 76.3 Å². The first-order valence-corrected chi connectivity index (χ1v) is 17.2. The summed E-state index contributed by atoms with van der Waals surface area (Å²) in [5, 5.41) is 50.3. The van der Waals surface area contributed by atoms with E-state index in [2.05, 4.69) is 17.5 Å². The van der Waals surface area contributed by atoms with E-state index in [-0.39, 0.29) is 70.9 Å². The zero-order chi connectivity index (χ0) is 37.5. The number of hydrogen-bond donors (Lipinski definition) is 6. The van der Waals surface area contributed by atoms with Crippen molar-refractivity contribution in [1.82, 2.24) is 5.43 Å². The number of ketones is 2. The predicted octanol–water partition coefficient (Wildman–Crippen LogP) is 3.85. The fourth-order valence-electron chi connectivity index (χ4n) is 7.01. The molecule has 1 saturated heterocycles. The van der Waals surface area contributed by atoms with E-state index in [0.29, 0.717) is 12.4 Å². The summed E-state index contributed by atoms with van der Waals surface area (Å²) in [5.41, 5.74) is 5.97. The Kier molecular flexibility index (Phi) is 11.8. The maximum absolute atomic E-state index is 14.0. The van der Waals surface area contributed by atoms with Gasteiger partial charge in [0.05, 0.1) is 54.4 Å². The van der Waals surface area contributed by atoms with Crippen molar-refractivity contribution in [1.29, 1.82) is 0 Å². The van der Waals surface area contributed by atoms with Crippen molar-refractivity contribution < 1.29 is 53.8 Å². The topological polar surface area (TPSA) is 219 Å². The second kappa shape index (κ2) is 15.8. The summed E-state index contributed by atoms with van der Waals surface area (Å²) >= 11 is 0. The van der Waals surface area contributed by atoms with Crippen LogP contribution in [0.2, 0.25) is 0 Å². The Morgan fingerprint density at radius 3 is 2.43 bits per heavy atom. The van der Waals surface area contributed by atoms with E-state index >= 15 is 0 Å². The van der Waals surface area contributed by atoms with Crippen molar-refractivity contribution in [2.75, 3.05) is 13.7 Å². The number of ether oxygens (including phenoxy) is 4. The molecular weight excluding hydrogens is 710 g/mol. The molecule has 3 aromatic carbocycles. The molecule has 14 nitrogen and oxygen atoms in total. The summed E-state index contributed by atoms with van der Waals surface area (Å²) in [4.78, 5) is 40.9. The lowest BCUT2D eigenvalue weighted by Gasteiger charge is -2.42. The number of carbonyl (C=O) groups excluding carboxylic acids is 3. The number of aliphatic hydroxyl groups is 2. The maximum atomic E-state index is 14.0. The largest absolute Gasteiger partial charge is 0.507 e. The number of hydrogen-bond acceptors (Lipinski definition) is 13. The molecule has 0 radical (unpaired) electrons. The second-order valence-electron chi connectivity index (χ2n) is 13.4. The Bertz CT molecular complexity index is 1920. The Labute approximate surface area is 312 Å². The Morgan fingerprint density at radius 1 is 1.08 bits per heavy atom. The summed E-state index contributed by atoms with van der Waals surface area (Å²) in [6, 6.07) is 10.2. The Morgan fingerprint density at radius 2 is 1.77 bits per heavy atom. The van der Waals surface area contributed by atoms with Crippen molar-refractivity contribution in [2.45, 2.75) is 89.1 Å². The molecule has 3 aromatic rings. The number of fused-ring (bicyclic) bond motifs is 3. The van der Waals surface area contributed by atoms with Gasteiger partial charge in [-0.05, 0) is 50.6 Å². The van der Waals surface area contributed by atoms with Gasteiger partial charge in [-0.15, -0.1) is 12.4 Å². The number of amides is 1. The van der Waals surface area contributed by atoms with E-state index in [1.165, 1.54) is 32.2 Å². The molecule has 0 bridgehead atoms. The molecule has 284 valence electrons. The highest BCUT2D eigenvalue weighted by atomic mass is 35.5. The molecule has 1 aliphatic heterocycles. The number of methoxy groups -OCH3 is 1. The van der Waals surface area contributed by atoms with Gasteiger partial charge in [-0.3, -0.25) is 14.4 Å². The molecule has 1 amide bonds. The molecule has 2 aliphatic carbocycles. The van der Waals surface area contributed by atoms with Crippen molar-refractivity contribution in [3.63, 3.8) is 0 Å². The third-order valence-corrected chi connectivity index (χ3v) is 10.0. The summed E-state index contributed by atoms with van der Waals surface area (Å²) in [6.45, 7) is 5.71. The number of nitrogens with one attached hydrogen (secondary N) is 1. The lowest BCUT2D eigenvalue weighted by atomic mass is 9.71. The van der Waals surface area contributed by atoms with Gasteiger partial charge in [-0.1, -0.05) is 25.5 Å². The maximum Gasteiger partial charge on any atom is 0.271 e. The van der Waals surface area contributed by atoms with Crippen LogP contribution in [0.15, 0.2) is 47.6 Å². The molecule has 0 spiro atoms. The van der Waals surface area contributed by atoms with Crippen LogP contribution in [0.4, 0.5) is 0 Å².